The summed E-state index contributed by atoms with van der Waals surface area (Å²) in [5, 5.41) is 4.29. The van der Waals surface area contributed by atoms with Crippen LogP contribution in [0.25, 0.3) is 0 Å². The van der Waals surface area contributed by atoms with Crippen LogP contribution in [0.1, 0.15) is 16.1 Å². The molecule has 2 heterocycles. The number of rotatable bonds is 3. The van der Waals surface area contributed by atoms with Crippen LogP contribution < -0.4 is 10.6 Å². The van der Waals surface area contributed by atoms with Crippen molar-refractivity contribution in [3.05, 3.63) is 46.7 Å². The molecule has 0 unspecified atom stereocenters. The van der Waals surface area contributed by atoms with E-state index in [1.807, 2.05) is 24.3 Å². The highest BCUT2D eigenvalue weighted by atomic mass is 35.5. The van der Waals surface area contributed by atoms with Gasteiger partial charge in [0.2, 0.25) is 0 Å². The minimum atomic E-state index is -2.46. The van der Waals surface area contributed by atoms with Gasteiger partial charge in [-0.15, -0.1) is 0 Å². The Morgan fingerprint density at radius 1 is 1.26 bits per heavy atom. The SMILES string of the molecule is CN1Cc2nc(Cl)cc(Nc3ccccc3P(C)(C)=O)c2C1=O. The third-order valence-electron chi connectivity index (χ3n) is 3.76. The van der Waals surface area contributed by atoms with Crippen LogP contribution in [0.2, 0.25) is 5.15 Å². The highest BCUT2D eigenvalue weighted by molar-refractivity contribution is 7.70. The first kappa shape index (κ1) is 16.0. The fourth-order valence-electron chi connectivity index (χ4n) is 2.70. The summed E-state index contributed by atoms with van der Waals surface area (Å²) in [5.74, 6) is -0.0969. The second-order valence-electron chi connectivity index (χ2n) is 5.97. The fraction of sp³-hybridized carbons (Fsp3) is 0.250. The van der Waals surface area contributed by atoms with Gasteiger partial charge in [-0.2, -0.15) is 0 Å². The predicted octanol–water partition coefficient (Wildman–Crippen LogP) is 3.31. The number of nitrogens with one attached hydrogen (secondary N) is 1. The minimum absolute atomic E-state index is 0.0969. The van der Waals surface area contributed by atoms with Crippen molar-refractivity contribution in [1.82, 2.24) is 9.88 Å². The van der Waals surface area contributed by atoms with Crippen molar-refractivity contribution in [1.29, 1.82) is 0 Å². The number of carbonyl (C=O) groups excluding carboxylic acids is 1. The standard InChI is InChI=1S/C16H17ClN3O2P/c1-20-9-12-15(16(20)21)11(8-14(17)19-12)18-10-6-4-5-7-13(10)23(2,3)22/h4-8H,9H2,1-3H3,(H,18,19). The smallest absolute Gasteiger partial charge is 0.257 e. The molecule has 1 aliphatic heterocycles. The minimum Gasteiger partial charge on any atom is -0.354 e. The number of aromatic nitrogens is 1. The summed E-state index contributed by atoms with van der Waals surface area (Å²) in [6, 6.07) is 9.02. The summed E-state index contributed by atoms with van der Waals surface area (Å²) in [6.45, 7) is 3.87. The molecular weight excluding hydrogens is 333 g/mol. The van der Waals surface area contributed by atoms with E-state index in [1.54, 1.807) is 31.3 Å². The Hall–Kier alpha value is -1.84. The lowest BCUT2D eigenvalue weighted by Gasteiger charge is -2.16. The molecule has 0 spiro atoms. The summed E-state index contributed by atoms with van der Waals surface area (Å²) in [7, 11) is -0.734. The fourth-order valence-corrected chi connectivity index (χ4v) is 4.06. The van der Waals surface area contributed by atoms with E-state index < -0.39 is 7.14 Å². The second-order valence-corrected chi connectivity index (χ2v) is 9.54. The van der Waals surface area contributed by atoms with Crippen LogP contribution in [0.15, 0.2) is 30.3 Å². The number of hydrogen-bond donors (Lipinski definition) is 1. The molecule has 7 heteroatoms. The maximum atomic E-state index is 12.5. The number of benzene rings is 1. The number of pyridine rings is 1. The van der Waals surface area contributed by atoms with E-state index in [2.05, 4.69) is 10.3 Å². The molecule has 1 N–H and O–H groups in total. The monoisotopic (exact) mass is 349 g/mol. The van der Waals surface area contributed by atoms with Crippen LogP contribution >= 0.6 is 18.7 Å². The summed E-state index contributed by atoms with van der Waals surface area (Å²) in [4.78, 5) is 18.2. The highest BCUT2D eigenvalue weighted by Gasteiger charge is 2.30. The van der Waals surface area contributed by atoms with Gasteiger partial charge in [-0.25, -0.2) is 4.98 Å². The van der Waals surface area contributed by atoms with Crippen molar-refractivity contribution in [2.24, 2.45) is 0 Å². The summed E-state index contributed by atoms with van der Waals surface area (Å²) in [5.41, 5.74) is 2.48. The Morgan fingerprint density at radius 3 is 2.65 bits per heavy atom. The van der Waals surface area contributed by atoms with E-state index in [9.17, 15) is 9.36 Å². The first-order chi connectivity index (χ1) is 10.8. The highest BCUT2D eigenvalue weighted by Crippen LogP contribution is 2.39. The number of nitrogens with zero attached hydrogens (tertiary/aromatic N) is 2. The van der Waals surface area contributed by atoms with E-state index >= 15 is 0 Å². The van der Waals surface area contributed by atoms with Gasteiger partial charge >= 0.3 is 0 Å². The molecule has 23 heavy (non-hydrogen) atoms. The predicted molar refractivity (Wildman–Crippen MR) is 93.9 cm³/mol. The number of para-hydroxylation sites is 1. The zero-order valence-corrected chi connectivity index (χ0v) is 14.8. The van der Waals surface area contributed by atoms with Crippen molar-refractivity contribution >= 4 is 41.3 Å². The number of halogens is 1. The van der Waals surface area contributed by atoms with Gasteiger partial charge in [-0.3, -0.25) is 4.79 Å². The number of fused-ring (bicyclic) bond motifs is 1. The summed E-state index contributed by atoms with van der Waals surface area (Å²) in [6.07, 6.45) is 0. The van der Waals surface area contributed by atoms with Crippen molar-refractivity contribution in [2.45, 2.75) is 6.54 Å². The van der Waals surface area contributed by atoms with Gasteiger partial charge in [0.15, 0.2) is 0 Å². The largest absolute Gasteiger partial charge is 0.354 e. The zero-order chi connectivity index (χ0) is 16.8. The number of anilines is 2. The van der Waals surface area contributed by atoms with Crippen molar-refractivity contribution in [3.8, 4) is 0 Å². The van der Waals surface area contributed by atoms with Crippen LogP contribution in [-0.2, 0) is 11.1 Å². The summed E-state index contributed by atoms with van der Waals surface area (Å²) < 4.78 is 12.5. The molecule has 1 amide bonds. The van der Waals surface area contributed by atoms with E-state index in [0.29, 0.717) is 34.3 Å². The Kier molecular flexibility index (Phi) is 3.95. The molecule has 0 bridgehead atoms. The quantitative estimate of drug-likeness (QED) is 0.682. The lowest BCUT2D eigenvalue weighted by Crippen LogP contribution is -2.18. The molecule has 1 aliphatic rings. The van der Waals surface area contributed by atoms with Gasteiger partial charge in [0.1, 0.15) is 12.3 Å². The number of hydrogen-bond acceptors (Lipinski definition) is 4. The molecule has 0 saturated carbocycles. The van der Waals surface area contributed by atoms with E-state index in [0.717, 1.165) is 5.30 Å². The number of carbonyl (C=O) groups is 1. The Labute approximate surface area is 140 Å². The molecular formula is C16H17ClN3O2P. The van der Waals surface area contributed by atoms with Crippen LogP contribution in [0.4, 0.5) is 11.4 Å². The lowest BCUT2D eigenvalue weighted by molar-refractivity contribution is 0.0817. The topological polar surface area (TPSA) is 62.3 Å². The van der Waals surface area contributed by atoms with E-state index in [1.165, 1.54) is 0 Å². The normalized spacial score (nSPS) is 14.1. The lowest BCUT2D eigenvalue weighted by atomic mass is 10.1. The third-order valence-corrected chi connectivity index (χ3v) is 5.51. The molecule has 5 nitrogen and oxygen atoms in total. The van der Waals surface area contributed by atoms with Crippen LogP contribution in [-0.4, -0.2) is 36.2 Å². The zero-order valence-electron chi connectivity index (χ0n) is 13.1. The van der Waals surface area contributed by atoms with Gasteiger partial charge < -0.3 is 14.8 Å². The van der Waals surface area contributed by atoms with Gasteiger partial charge in [0, 0.05) is 18.0 Å². The van der Waals surface area contributed by atoms with Crippen LogP contribution in [0, 0.1) is 0 Å². The van der Waals surface area contributed by atoms with E-state index in [-0.39, 0.29) is 5.91 Å². The Bertz CT molecular complexity index is 847. The molecule has 0 fully saturated rings. The van der Waals surface area contributed by atoms with Crippen molar-refractivity contribution < 1.29 is 9.36 Å². The molecule has 1 aromatic carbocycles. The Balaban J connectivity index is 2.10. The molecule has 120 valence electrons. The molecule has 3 rings (SSSR count). The molecule has 0 atom stereocenters. The maximum Gasteiger partial charge on any atom is 0.257 e. The average Bonchev–Trinajstić information content (AvgIpc) is 2.73. The van der Waals surface area contributed by atoms with Crippen LogP contribution in [0.3, 0.4) is 0 Å². The van der Waals surface area contributed by atoms with Crippen LogP contribution in [0.5, 0.6) is 0 Å². The average molecular weight is 350 g/mol. The third kappa shape index (κ3) is 2.99. The molecule has 0 aliphatic carbocycles. The van der Waals surface area contributed by atoms with Gasteiger partial charge in [-0.05, 0) is 31.5 Å². The van der Waals surface area contributed by atoms with Crippen molar-refractivity contribution in [3.63, 3.8) is 0 Å². The molecule has 0 saturated heterocycles. The maximum absolute atomic E-state index is 12.5. The molecule has 1 aromatic heterocycles. The first-order valence-electron chi connectivity index (χ1n) is 7.14. The van der Waals surface area contributed by atoms with Gasteiger partial charge in [0.05, 0.1) is 23.5 Å². The summed E-state index contributed by atoms with van der Waals surface area (Å²) >= 11 is 6.08. The number of amides is 1. The second kappa shape index (κ2) is 5.66. The Morgan fingerprint density at radius 2 is 1.96 bits per heavy atom. The van der Waals surface area contributed by atoms with E-state index in [4.69, 9.17) is 11.6 Å². The van der Waals surface area contributed by atoms with Gasteiger partial charge in [0.25, 0.3) is 5.91 Å². The molecule has 0 radical (unpaired) electrons. The first-order valence-corrected chi connectivity index (χ1v) is 10.1. The molecule has 2 aromatic rings. The van der Waals surface area contributed by atoms with Crippen molar-refractivity contribution in [2.75, 3.05) is 25.7 Å². The van der Waals surface area contributed by atoms with Gasteiger partial charge in [-0.1, -0.05) is 23.7 Å².